The van der Waals surface area contributed by atoms with Crippen LogP contribution in [0.25, 0.3) is 0 Å². The van der Waals surface area contributed by atoms with Crippen LogP contribution in [0.5, 0.6) is 5.75 Å². The first-order valence-corrected chi connectivity index (χ1v) is 15.7. The van der Waals surface area contributed by atoms with Gasteiger partial charge in [-0.05, 0) is 49.4 Å². The summed E-state index contributed by atoms with van der Waals surface area (Å²) in [5.41, 5.74) is -3.05. The molecular weight excluding hydrogens is 570 g/mol. The van der Waals surface area contributed by atoms with Crippen molar-refractivity contribution in [3.05, 3.63) is 29.8 Å². The van der Waals surface area contributed by atoms with Gasteiger partial charge in [0.15, 0.2) is 0 Å². The lowest BCUT2D eigenvalue weighted by Gasteiger charge is -2.67. The second-order valence-corrected chi connectivity index (χ2v) is 14.0. The monoisotopic (exact) mass is 615 g/mol. The van der Waals surface area contributed by atoms with Crippen LogP contribution in [0.2, 0.25) is 0 Å². The van der Waals surface area contributed by atoms with E-state index in [9.17, 15) is 14.7 Å². The highest BCUT2D eigenvalue weighted by atomic mass is 16.6. The van der Waals surface area contributed by atoms with Gasteiger partial charge < -0.3 is 43.6 Å². The molecule has 2 N–H and O–H groups in total. The van der Waals surface area contributed by atoms with Crippen molar-refractivity contribution in [2.75, 3.05) is 48.7 Å². The molecule has 11 heteroatoms. The fourth-order valence-electron chi connectivity index (χ4n) is 11.8. The molecule has 242 valence electrons. The Hall–Kier alpha value is -2.28. The number of esters is 2. The van der Waals surface area contributed by atoms with Gasteiger partial charge in [0.05, 0.1) is 37.6 Å². The summed E-state index contributed by atoms with van der Waals surface area (Å²) in [7, 11) is 8.35. The molecule has 5 aliphatic carbocycles. The quantitative estimate of drug-likeness (QED) is 0.396. The molecule has 13 atom stereocenters. The second kappa shape index (κ2) is 10.4. The molecule has 0 radical (unpaired) electrons. The predicted octanol–water partition coefficient (Wildman–Crippen LogP) is 1.98. The summed E-state index contributed by atoms with van der Waals surface area (Å²) < 4.78 is 43.0. The van der Waals surface area contributed by atoms with E-state index >= 15 is 0 Å². The summed E-state index contributed by atoms with van der Waals surface area (Å²) in [5.74, 6) is -1.43. The van der Waals surface area contributed by atoms with Crippen LogP contribution in [0, 0.1) is 34.5 Å². The van der Waals surface area contributed by atoms with Gasteiger partial charge in [-0.3, -0.25) is 4.79 Å². The lowest BCUT2D eigenvalue weighted by atomic mass is 9.43. The average molecular weight is 616 g/mol. The first-order chi connectivity index (χ1) is 21.1. The fourth-order valence-corrected chi connectivity index (χ4v) is 11.8. The number of piperidine rings is 1. The van der Waals surface area contributed by atoms with Gasteiger partial charge in [-0.15, -0.1) is 0 Å². The Balaban J connectivity index is 1.43. The van der Waals surface area contributed by atoms with Crippen molar-refractivity contribution in [1.82, 2.24) is 5.32 Å². The number of hydrogen-bond donors (Lipinski definition) is 2. The number of methoxy groups -OCH3 is 5. The highest BCUT2D eigenvalue weighted by Gasteiger charge is 2.89. The molecule has 1 aliphatic heterocycles. The van der Waals surface area contributed by atoms with Crippen LogP contribution in [0.4, 0.5) is 0 Å². The van der Waals surface area contributed by atoms with Crippen LogP contribution in [-0.2, 0) is 33.2 Å². The van der Waals surface area contributed by atoms with Crippen molar-refractivity contribution in [2.24, 2.45) is 34.5 Å². The molecule has 7 rings (SSSR count). The standard InChI is InChI=1S/C33H45NO10/c1-17(35)44-32-14-22(41-5)31(37)13-20(23(32)28(31)43-29(36)18-7-9-19(39-3)10-8-18)33-21(40-4)11-12-30(16-38-2)15-34-27(33)24(32)25(42-6)26(30)33/h7-10,20-28,34,37H,11-16H2,1-6H3/t20-,21+,22+,23-,24+,25+,26-,27-,28-,30+,31+,32-,33+/m1/s1. The average Bonchev–Trinajstić information content (AvgIpc) is 3.36. The third-order valence-electron chi connectivity index (χ3n) is 12.7. The Morgan fingerprint density at radius 3 is 2.32 bits per heavy atom. The molecule has 0 unspecified atom stereocenters. The van der Waals surface area contributed by atoms with Gasteiger partial charge in [-0.2, -0.15) is 0 Å². The molecule has 7 bridgehead atoms. The largest absolute Gasteiger partial charge is 0.497 e. The smallest absolute Gasteiger partial charge is 0.338 e. The van der Waals surface area contributed by atoms with E-state index in [0.29, 0.717) is 24.3 Å². The molecule has 11 nitrogen and oxygen atoms in total. The van der Waals surface area contributed by atoms with Gasteiger partial charge >= 0.3 is 11.9 Å². The fraction of sp³-hybridized carbons (Fsp3) is 0.758. The van der Waals surface area contributed by atoms with Gasteiger partial charge in [0.25, 0.3) is 0 Å². The molecule has 5 saturated carbocycles. The van der Waals surface area contributed by atoms with Crippen LogP contribution in [0.3, 0.4) is 0 Å². The van der Waals surface area contributed by atoms with Crippen molar-refractivity contribution < 1.29 is 47.9 Å². The molecule has 1 aromatic carbocycles. The van der Waals surface area contributed by atoms with Crippen molar-refractivity contribution in [2.45, 2.75) is 74.3 Å². The second-order valence-electron chi connectivity index (χ2n) is 14.0. The highest BCUT2D eigenvalue weighted by molar-refractivity contribution is 5.89. The minimum Gasteiger partial charge on any atom is -0.497 e. The number of aliphatic hydroxyl groups is 1. The zero-order valence-corrected chi connectivity index (χ0v) is 26.4. The number of hydrogen-bond acceptors (Lipinski definition) is 11. The van der Waals surface area contributed by atoms with Crippen molar-refractivity contribution in [3.8, 4) is 5.75 Å². The molecule has 1 spiro atoms. The maximum absolute atomic E-state index is 13.8. The summed E-state index contributed by atoms with van der Waals surface area (Å²) >= 11 is 0. The highest BCUT2D eigenvalue weighted by Crippen LogP contribution is 2.79. The lowest BCUT2D eigenvalue weighted by molar-refractivity contribution is -0.271. The molecule has 44 heavy (non-hydrogen) atoms. The van der Waals surface area contributed by atoms with Crippen molar-refractivity contribution in [1.29, 1.82) is 0 Å². The molecular formula is C33H45NO10. The van der Waals surface area contributed by atoms with Crippen molar-refractivity contribution in [3.63, 3.8) is 0 Å². The van der Waals surface area contributed by atoms with Gasteiger partial charge in [-0.25, -0.2) is 4.79 Å². The summed E-state index contributed by atoms with van der Waals surface area (Å²) in [6.07, 6.45) is 0.0828. The minimum atomic E-state index is -1.51. The van der Waals surface area contributed by atoms with Crippen LogP contribution < -0.4 is 10.1 Å². The SMILES string of the molecule is COC[C@@]12CC[C@H](OC)[C@@]34[C@@H]5C[C@]6(O)[C@@H](OC)C[C@@](OC(C)=O)([C@H]5[C@H]6OC(=O)c5ccc(OC)cc5)[C@@H]([C@H](OC)[C@H]13)[C@H]4NC2. The Morgan fingerprint density at radius 1 is 0.977 bits per heavy atom. The van der Waals surface area contributed by atoms with E-state index in [0.717, 1.165) is 19.4 Å². The van der Waals surface area contributed by atoms with E-state index < -0.39 is 46.7 Å². The Labute approximate surface area is 258 Å². The maximum Gasteiger partial charge on any atom is 0.338 e. The molecule has 0 aromatic heterocycles. The van der Waals surface area contributed by atoms with Gasteiger partial charge in [0.1, 0.15) is 23.1 Å². The number of ether oxygens (including phenoxy) is 7. The molecule has 1 heterocycles. The molecule has 6 aliphatic rings. The number of fused-ring (bicyclic) bond motifs is 2. The van der Waals surface area contributed by atoms with E-state index in [1.54, 1.807) is 59.8 Å². The minimum absolute atomic E-state index is 0.000724. The van der Waals surface area contributed by atoms with Gasteiger partial charge in [0.2, 0.25) is 0 Å². The number of nitrogens with one attached hydrogen (secondary N) is 1. The summed E-state index contributed by atoms with van der Waals surface area (Å²) in [5, 5.41) is 16.6. The maximum atomic E-state index is 13.8. The Kier molecular flexibility index (Phi) is 7.16. The third kappa shape index (κ3) is 3.59. The summed E-state index contributed by atoms with van der Waals surface area (Å²) in [6, 6.07) is 6.56. The zero-order valence-electron chi connectivity index (χ0n) is 26.4. The Bertz CT molecular complexity index is 1310. The van der Waals surface area contributed by atoms with E-state index in [-0.39, 0.29) is 47.8 Å². The summed E-state index contributed by atoms with van der Waals surface area (Å²) in [4.78, 5) is 26.9. The zero-order chi connectivity index (χ0) is 31.2. The van der Waals surface area contributed by atoms with Crippen LogP contribution >= 0.6 is 0 Å². The van der Waals surface area contributed by atoms with E-state index in [1.807, 2.05) is 0 Å². The van der Waals surface area contributed by atoms with E-state index in [2.05, 4.69) is 5.32 Å². The predicted molar refractivity (Wildman–Crippen MR) is 155 cm³/mol. The number of carbonyl (C=O) groups excluding carboxylic acids is 2. The van der Waals surface area contributed by atoms with Crippen LogP contribution in [0.15, 0.2) is 24.3 Å². The van der Waals surface area contributed by atoms with Crippen LogP contribution in [0.1, 0.15) is 43.0 Å². The third-order valence-corrected chi connectivity index (χ3v) is 12.7. The van der Waals surface area contributed by atoms with E-state index in [4.69, 9.17) is 33.2 Å². The number of rotatable bonds is 9. The molecule has 6 fully saturated rings. The van der Waals surface area contributed by atoms with E-state index in [1.165, 1.54) is 6.92 Å². The Morgan fingerprint density at radius 2 is 1.70 bits per heavy atom. The lowest BCUT2D eigenvalue weighted by Crippen LogP contribution is -2.77. The normalized spacial score (nSPS) is 47.7. The van der Waals surface area contributed by atoms with Crippen molar-refractivity contribution >= 4 is 11.9 Å². The van der Waals surface area contributed by atoms with Crippen LogP contribution in [-0.4, -0.2) is 107 Å². The first kappa shape index (κ1) is 30.4. The first-order valence-electron chi connectivity index (χ1n) is 15.7. The van der Waals surface area contributed by atoms with Gasteiger partial charge in [0, 0.05) is 83.0 Å². The topological polar surface area (TPSA) is 131 Å². The summed E-state index contributed by atoms with van der Waals surface area (Å²) in [6.45, 7) is 2.70. The molecule has 0 amide bonds. The number of carbonyl (C=O) groups is 2. The number of benzene rings is 1. The van der Waals surface area contributed by atoms with Gasteiger partial charge in [-0.1, -0.05) is 0 Å². The molecule has 1 aromatic rings. The molecule has 1 saturated heterocycles.